The number of methoxy groups -OCH3 is 2. The van der Waals surface area contributed by atoms with E-state index >= 15 is 0 Å². The maximum atomic E-state index is 13.7. The van der Waals surface area contributed by atoms with Crippen molar-refractivity contribution >= 4 is 53.6 Å². The van der Waals surface area contributed by atoms with E-state index in [1.165, 1.54) is 14.2 Å². The number of aromatic nitrogens is 2. The molecule has 0 saturated heterocycles. The van der Waals surface area contributed by atoms with Gasteiger partial charge in [0.15, 0.2) is 6.04 Å². The summed E-state index contributed by atoms with van der Waals surface area (Å²) in [5.74, 6) is -2.52. The summed E-state index contributed by atoms with van der Waals surface area (Å²) in [5, 5.41) is 39.4. The molecule has 14 nitrogen and oxygen atoms in total. The number of nitrogens with zero attached hydrogens (tertiary/aromatic N) is 4. The van der Waals surface area contributed by atoms with Crippen LogP contribution in [0.1, 0.15) is 55.1 Å². The normalized spacial score (nSPS) is 11.1. The van der Waals surface area contributed by atoms with Crippen molar-refractivity contribution < 1.29 is 38.8 Å². The molecule has 343 valence electrons. The SMILES string of the molecule is COC(=O)[C@H](N)c1ccccc1.COC(=O)[C@H](NC(=O)c1c(CC#N)c(-c2ccccc2)nc2ccccc12)c1ccccc1.N#CCc1c(-c2ccccc2)nc2ccccc2c1C(=O)O.[3H][B]O. The number of amides is 1. The van der Waals surface area contributed by atoms with E-state index < -0.39 is 35.9 Å². The van der Waals surface area contributed by atoms with E-state index in [1.807, 2.05) is 109 Å². The van der Waals surface area contributed by atoms with Crippen molar-refractivity contribution in [3.8, 4) is 34.7 Å². The van der Waals surface area contributed by atoms with E-state index in [0.29, 0.717) is 55.4 Å². The summed E-state index contributed by atoms with van der Waals surface area (Å²) in [4.78, 5) is 58.3. The number of ether oxygens (including phenoxy) is 2. The number of benzene rings is 6. The summed E-state index contributed by atoms with van der Waals surface area (Å²) in [5.41, 5.74) is 12.4. The highest BCUT2D eigenvalue weighted by Gasteiger charge is 2.28. The number of rotatable bonds is 11. The van der Waals surface area contributed by atoms with Gasteiger partial charge in [-0.15, -0.1) is 0 Å². The third-order valence-electron chi connectivity index (χ3n) is 10.5. The lowest BCUT2D eigenvalue weighted by Crippen LogP contribution is -2.35. The number of aromatic carboxylic acids is 1. The number of carbonyl (C=O) groups excluding carboxylic acids is 3. The molecule has 69 heavy (non-hydrogen) atoms. The number of pyridine rings is 2. The minimum absolute atomic E-state index is 0.00367. The Balaban J connectivity index is 0.000000211. The lowest BCUT2D eigenvalue weighted by atomic mass is 9.94. The maximum Gasteiger partial charge on any atom is 0.336 e. The fourth-order valence-corrected chi connectivity index (χ4v) is 7.35. The standard InChI is InChI=1S/C27H21N3O3.C18H12N2O2.C9H11NO2.BH2O/c1-33-27(32)25(19-12-6-3-7-13-19)30-26(31)23-20-14-8-9-15-22(20)29-24(21(23)16-17-28)18-10-4-2-5-11-18;19-11-10-14-16(18(21)22)13-8-4-5-9-15(13)20-17(14)12-6-2-1-3-7-12;1-12-9(11)8(10)7-5-3-2-4-6-7;1-2/h2-15,25H,16H2,1H3,(H,30,31);1-9H,10H2,(H,21,22);2-6,8H,10H2,1H3;1-2H/t25-;;8-;/m1.1./s1/i;;;1T. The van der Waals surface area contributed by atoms with Crippen molar-refractivity contribution in [3.63, 3.8) is 0 Å². The fourth-order valence-electron chi connectivity index (χ4n) is 7.35. The monoisotopic (exact) mass is 919 g/mol. The number of hydrogen-bond donors (Lipinski definition) is 4. The van der Waals surface area contributed by atoms with Crippen molar-refractivity contribution in [3.05, 3.63) is 203 Å². The molecule has 0 aliphatic carbocycles. The van der Waals surface area contributed by atoms with Crippen LogP contribution in [0, 0.1) is 22.7 Å². The molecule has 2 aromatic heterocycles. The van der Waals surface area contributed by atoms with Crippen LogP contribution < -0.4 is 11.1 Å². The predicted molar refractivity (Wildman–Crippen MR) is 263 cm³/mol. The maximum absolute atomic E-state index is 13.7. The lowest BCUT2D eigenvalue weighted by molar-refractivity contribution is -0.143. The van der Waals surface area contributed by atoms with E-state index in [9.17, 15) is 29.5 Å². The van der Waals surface area contributed by atoms with Crippen molar-refractivity contribution in [2.45, 2.75) is 24.9 Å². The second-order valence-electron chi connectivity index (χ2n) is 14.6. The number of carboxylic acids is 1. The Hall–Kier alpha value is -9.02. The highest BCUT2D eigenvalue weighted by atomic mass is 16.5. The third kappa shape index (κ3) is 12.7. The first-order chi connectivity index (χ1) is 34.0. The quantitative estimate of drug-likeness (QED) is 0.0713. The molecular formula is C54H46BN6O8. The number of carbonyl (C=O) groups is 4. The minimum atomic E-state index is -1.04. The van der Waals surface area contributed by atoms with Crippen molar-refractivity contribution in [1.82, 2.24) is 15.3 Å². The van der Waals surface area contributed by atoms with Gasteiger partial charge in [-0.2, -0.15) is 10.5 Å². The Kier molecular flexibility index (Phi) is 18.3. The van der Waals surface area contributed by atoms with E-state index in [2.05, 4.69) is 27.2 Å². The van der Waals surface area contributed by atoms with E-state index in [1.54, 1.807) is 60.7 Å². The number of nitrogens with one attached hydrogen (secondary N) is 1. The molecule has 15 heteroatoms. The zero-order valence-electron chi connectivity index (χ0n) is 38.5. The topological polar surface area (TPSA) is 239 Å². The second kappa shape index (κ2) is 25.6. The zero-order valence-corrected chi connectivity index (χ0v) is 37.5. The van der Waals surface area contributed by atoms with Crippen LogP contribution in [0.15, 0.2) is 170 Å². The summed E-state index contributed by atoms with van der Waals surface area (Å²) < 4.78 is 15.1. The van der Waals surface area contributed by atoms with E-state index in [-0.39, 0.29) is 26.4 Å². The van der Waals surface area contributed by atoms with Gasteiger partial charge in [0.1, 0.15) is 6.04 Å². The fraction of sp³-hybridized carbons (Fsp3) is 0.111. The zero-order chi connectivity index (χ0) is 50.4. The molecule has 0 bridgehead atoms. The van der Waals surface area contributed by atoms with Gasteiger partial charge in [-0.3, -0.25) is 9.59 Å². The largest absolute Gasteiger partial charge is 0.478 e. The smallest absolute Gasteiger partial charge is 0.336 e. The van der Waals surface area contributed by atoms with E-state index in [4.69, 9.17) is 27.1 Å². The molecule has 1 amide bonds. The number of hydrogen-bond acceptors (Lipinski definition) is 12. The molecule has 5 N–H and O–H groups in total. The van der Waals surface area contributed by atoms with Crippen molar-refractivity contribution in [1.29, 1.82) is 11.9 Å². The molecule has 0 spiro atoms. The summed E-state index contributed by atoms with van der Waals surface area (Å²) >= 11 is 0. The summed E-state index contributed by atoms with van der Waals surface area (Å²) in [6, 6.07) is 53.7. The van der Waals surface area contributed by atoms with Crippen LogP contribution in [0.2, 0.25) is 0 Å². The molecule has 0 fully saturated rings. The highest BCUT2D eigenvalue weighted by molar-refractivity contribution is 6.10. The molecule has 8 aromatic rings. The molecule has 2 atom stereocenters. The number of para-hydroxylation sites is 2. The number of nitriles is 2. The molecule has 0 unspecified atom stereocenters. The first kappa shape index (κ1) is 49.4. The van der Waals surface area contributed by atoms with E-state index in [0.717, 1.165) is 16.7 Å². The average Bonchev–Trinajstić information content (AvgIpc) is 3.40. The number of fused-ring (bicyclic) bond motifs is 2. The number of esters is 2. The molecular weight excluding hydrogens is 871 g/mol. The van der Waals surface area contributed by atoms with Crippen molar-refractivity contribution in [2.75, 3.05) is 14.2 Å². The molecule has 0 aliphatic rings. The first-order valence-corrected chi connectivity index (χ1v) is 21.1. The van der Waals surface area contributed by atoms with Crippen LogP contribution in [-0.4, -0.2) is 67.5 Å². The van der Waals surface area contributed by atoms with Crippen LogP contribution in [0.5, 0.6) is 0 Å². The molecule has 1 radical (unpaired) electrons. The van der Waals surface area contributed by atoms with Gasteiger partial charge >= 0.3 is 17.9 Å². The molecule has 0 aliphatic heterocycles. The first-order valence-electron chi connectivity index (χ1n) is 21.7. The van der Waals surface area contributed by atoms with Gasteiger partial charge in [-0.05, 0) is 23.3 Å². The Morgan fingerprint density at radius 1 is 0.623 bits per heavy atom. The van der Waals surface area contributed by atoms with Crippen molar-refractivity contribution in [2.24, 2.45) is 5.73 Å². The number of nitrogens with two attached hydrogens (primary N) is 1. The Morgan fingerprint density at radius 3 is 1.42 bits per heavy atom. The van der Waals surface area contributed by atoms with Crippen LogP contribution >= 0.6 is 0 Å². The van der Waals surface area contributed by atoms with Crippen LogP contribution in [0.3, 0.4) is 0 Å². The summed E-state index contributed by atoms with van der Waals surface area (Å²) in [6.45, 7) is 0. The third-order valence-corrected chi connectivity index (χ3v) is 10.5. The molecule has 2 heterocycles. The van der Waals surface area contributed by atoms with Crippen LogP contribution in [-0.2, 0) is 31.9 Å². The molecule has 8 rings (SSSR count). The Bertz CT molecular complexity index is 3140. The molecule has 6 aromatic carbocycles. The number of carboxylic acid groups (broad SMARTS) is 1. The Labute approximate surface area is 401 Å². The summed E-state index contributed by atoms with van der Waals surface area (Å²) in [7, 11) is 2.85. The second-order valence-corrected chi connectivity index (χ2v) is 14.6. The van der Waals surface area contributed by atoms with Gasteiger partial charge in [-0.25, -0.2) is 19.6 Å². The Morgan fingerprint density at radius 2 is 1.00 bits per heavy atom. The highest BCUT2D eigenvalue weighted by Crippen LogP contribution is 2.33. The van der Waals surface area contributed by atoms with Crippen LogP contribution in [0.25, 0.3) is 44.3 Å². The van der Waals surface area contributed by atoms with Gasteiger partial charge in [0.25, 0.3) is 13.9 Å². The lowest BCUT2D eigenvalue weighted by Gasteiger charge is -2.20. The van der Waals surface area contributed by atoms with Gasteiger partial charge in [-0.1, -0.05) is 158 Å². The van der Waals surface area contributed by atoms with Gasteiger partial charge in [0.05, 0.1) is 72.7 Å². The minimum Gasteiger partial charge on any atom is -0.478 e. The van der Waals surface area contributed by atoms with Crippen LogP contribution in [0.4, 0.5) is 0 Å². The summed E-state index contributed by atoms with van der Waals surface area (Å²) in [6.07, 6.45) is -0.0112. The molecule has 0 saturated carbocycles. The van der Waals surface area contributed by atoms with Gasteiger partial charge in [0, 0.05) is 34.4 Å². The average molecular weight is 920 g/mol. The van der Waals surface area contributed by atoms with Gasteiger partial charge in [0.2, 0.25) is 0 Å². The predicted octanol–water partition coefficient (Wildman–Crippen LogP) is 7.93. The van der Waals surface area contributed by atoms with Gasteiger partial charge < -0.3 is 30.7 Å².